The van der Waals surface area contributed by atoms with Crippen molar-refractivity contribution in [3.63, 3.8) is 0 Å². The zero-order chi connectivity index (χ0) is 20.2. The monoisotopic (exact) mass is 449 g/mol. The summed E-state index contributed by atoms with van der Waals surface area (Å²) in [5, 5.41) is 2.68. The number of esters is 1. The molecule has 0 aliphatic rings. The number of amides is 1. The predicted octanol–water partition coefficient (Wildman–Crippen LogP) is 4.79. The smallest absolute Gasteiger partial charge is 0.339 e. The van der Waals surface area contributed by atoms with Crippen molar-refractivity contribution in [3.05, 3.63) is 82.8 Å². The zero-order valence-corrected chi connectivity index (χ0v) is 16.8. The number of ether oxygens (including phenoxy) is 1. The van der Waals surface area contributed by atoms with Gasteiger partial charge in [0.1, 0.15) is 5.82 Å². The van der Waals surface area contributed by atoms with Crippen molar-refractivity contribution < 1.29 is 14.3 Å². The number of aromatic nitrogens is 2. The number of nitrogens with zero attached hydrogens (tertiary/aromatic N) is 1. The van der Waals surface area contributed by atoms with Crippen LogP contribution in [-0.4, -0.2) is 28.5 Å². The van der Waals surface area contributed by atoms with E-state index in [-0.39, 0.29) is 6.61 Å². The van der Waals surface area contributed by atoms with Crippen molar-refractivity contribution in [2.24, 2.45) is 0 Å². The van der Waals surface area contributed by atoms with Crippen LogP contribution in [0, 0.1) is 0 Å². The maximum atomic E-state index is 12.6. The van der Waals surface area contributed by atoms with E-state index in [9.17, 15) is 9.59 Å². The first-order valence-electron chi connectivity index (χ1n) is 8.87. The second-order valence-electron chi connectivity index (χ2n) is 6.28. The molecule has 1 aromatic heterocycles. The van der Waals surface area contributed by atoms with Gasteiger partial charge in [-0.15, -0.1) is 0 Å². The molecule has 0 unspecified atom stereocenters. The van der Waals surface area contributed by atoms with Crippen molar-refractivity contribution in [2.75, 3.05) is 11.9 Å². The number of halogens is 1. The topological polar surface area (TPSA) is 84.1 Å². The van der Waals surface area contributed by atoms with Gasteiger partial charge in [-0.25, -0.2) is 9.78 Å². The van der Waals surface area contributed by atoms with Crippen LogP contribution in [0.4, 0.5) is 5.69 Å². The van der Waals surface area contributed by atoms with Crippen molar-refractivity contribution in [1.29, 1.82) is 0 Å². The second-order valence-corrected chi connectivity index (χ2v) is 7.20. The molecular formula is C22H16BrN3O3. The molecule has 0 fully saturated rings. The number of H-pyrrole nitrogens is 1. The Bertz CT molecular complexity index is 1150. The number of para-hydroxylation sites is 2. The average molecular weight is 450 g/mol. The van der Waals surface area contributed by atoms with Gasteiger partial charge in [0.2, 0.25) is 0 Å². The average Bonchev–Trinajstić information content (AvgIpc) is 3.18. The molecule has 29 heavy (non-hydrogen) atoms. The number of hydrogen-bond acceptors (Lipinski definition) is 4. The number of nitrogens with one attached hydrogen (secondary N) is 2. The minimum atomic E-state index is -0.591. The van der Waals surface area contributed by atoms with Gasteiger partial charge < -0.3 is 15.0 Å². The SMILES string of the molecule is O=C(COC(=O)c1ccccc1-c1nc2ccccc2[nH]1)Nc1ccc(Br)cc1. The molecule has 6 nitrogen and oxygen atoms in total. The van der Waals surface area contributed by atoms with E-state index in [4.69, 9.17) is 4.74 Å². The number of aromatic amines is 1. The van der Waals surface area contributed by atoms with E-state index in [0.717, 1.165) is 15.5 Å². The molecule has 0 aliphatic carbocycles. The van der Waals surface area contributed by atoms with E-state index in [2.05, 4.69) is 31.2 Å². The number of anilines is 1. The number of imidazole rings is 1. The summed E-state index contributed by atoms with van der Waals surface area (Å²) < 4.78 is 6.13. The first-order valence-corrected chi connectivity index (χ1v) is 9.66. The Labute approximate surface area is 175 Å². The van der Waals surface area contributed by atoms with Crippen LogP contribution in [0.5, 0.6) is 0 Å². The van der Waals surface area contributed by atoms with Crippen LogP contribution < -0.4 is 5.32 Å². The summed E-state index contributed by atoms with van der Waals surface area (Å²) >= 11 is 3.33. The van der Waals surface area contributed by atoms with Gasteiger partial charge in [0, 0.05) is 15.7 Å². The van der Waals surface area contributed by atoms with Crippen molar-refractivity contribution in [3.8, 4) is 11.4 Å². The summed E-state index contributed by atoms with van der Waals surface area (Å²) in [7, 11) is 0. The number of rotatable bonds is 5. The molecule has 1 heterocycles. The summed E-state index contributed by atoms with van der Waals surface area (Å²) in [6.07, 6.45) is 0. The molecule has 0 radical (unpaired) electrons. The Morgan fingerprint density at radius 3 is 2.48 bits per heavy atom. The van der Waals surface area contributed by atoms with Gasteiger partial charge in [-0.05, 0) is 42.5 Å². The predicted molar refractivity (Wildman–Crippen MR) is 115 cm³/mol. The van der Waals surface area contributed by atoms with Crippen LogP contribution in [0.1, 0.15) is 10.4 Å². The Morgan fingerprint density at radius 1 is 0.966 bits per heavy atom. The molecule has 0 spiro atoms. The van der Waals surface area contributed by atoms with Crippen molar-refractivity contribution in [2.45, 2.75) is 0 Å². The van der Waals surface area contributed by atoms with Crippen LogP contribution >= 0.6 is 15.9 Å². The van der Waals surface area contributed by atoms with Crippen molar-refractivity contribution >= 4 is 44.5 Å². The summed E-state index contributed by atoms with van der Waals surface area (Å²) in [6, 6.07) is 21.7. The van der Waals surface area contributed by atoms with Gasteiger partial charge in [0.05, 0.1) is 16.6 Å². The highest BCUT2D eigenvalue weighted by atomic mass is 79.9. The first kappa shape index (κ1) is 18.9. The highest BCUT2D eigenvalue weighted by molar-refractivity contribution is 9.10. The lowest BCUT2D eigenvalue weighted by Crippen LogP contribution is -2.21. The van der Waals surface area contributed by atoms with Crippen molar-refractivity contribution in [1.82, 2.24) is 9.97 Å². The molecule has 4 aromatic rings. The molecule has 1 amide bonds. The highest BCUT2D eigenvalue weighted by Gasteiger charge is 2.17. The normalized spacial score (nSPS) is 10.7. The highest BCUT2D eigenvalue weighted by Crippen LogP contribution is 2.24. The number of carbonyl (C=O) groups is 2. The Hall–Kier alpha value is -3.45. The van der Waals surface area contributed by atoms with Gasteiger partial charge in [-0.3, -0.25) is 4.79 Å². The fraction of sp³-hybridized carbons (Fsp3) is 0.0455. The van der Waals surface area contributed by atoms with Gasteiger partial charge >= 0.3 is 5.97 Å². The number of fused-ring (bicyclic) bond motifs is 1. The number of benzene rings is 3. The Kier molecular flexibility index (Phi) is 5.39. The lowest BCUT2D eigenvalue weighted by molar-refractivity contribution is -0.119. The van der Waals surface area contributed by atoms with Gasteiger partial charge in [0.15, 0.2) is 6.61 Å². The lowest BCUT2D eigenvalue weighted by Gasteiger charge is -2.09. The molecule has 4 rings (SSSR count). The standard InChI is InChI=1S/C22H16BrN3O3/c23-14-9-11-15(12-10-14)24-20(27)13-29-22(28)17-6-2-1-5-16(17)21-25-18-7-3-4-8-19(18)26-21/h1-12H,13H2,(H,24,27)(H,25,26). The third kappa shape index (κ3) is 4.35. The van der Waals surface area contributed by atoms with E-state index in [1.807, 2.05) is 42.5 Å². The first-order chi connectivity index (χ1) is 14.1. The van der Waals surface area contributed by atoms with Crippen LogP contribution in [-0.2, 0) is 9.53 Å². The Balaban J connectivity index is 1.47. The molecular weight excluding hydrogens is 434 g/mol. The molecule has 0 aliphatic heterocycles. The lowest BCUT2D eigenvalue weighted by atomic mass is 10.1. The minimum absolute atomic E-state index is 0.336. The van der Waals surface area contributed by atoms with Gasteiger partial charge in [0.25, 0.3) is 5.91 Å². The molecule has 0 saturated carbocycles. The van der Waals surface area contributed by atoms with Crippen LogP contribution in [0.2, 0.25) is 0 Å². The number of carbonyl (C=O) groups excluding carboxylic acids is 2. The maximum Gasteiger partial charge on any atom is 0.339 e. The summed E-state index contributed by atoms with van der Waals surface area (Å²) in [5.74, 6) is -0.438. The minimum Gasteiger partial charge on any atom is -0.452 e. The van der Waals surface area contributed by atoms with Gasteiger partial charge in [-0.2, -0.15) is 0 Å². The van der Waals surface area contributed by atoms with Crippen LogP contribution in [0.25, 0.3) is 22.4 Å². The summed E-state index contributed by atoms with van der Waals surface area (Å²) in [6.45, 7) is -0.386. The quantitative estimate of drug-likeness (QED) is 0.429. The Morgan fingerprint density at radius 2 is 1.69 bits per heavy atom. The van der Waals surface area contributed by atoms with E-state index < -0.39 is 11.9 Å². The number of hydrogen-bond donors (Lipinski definition) is 2. The molecule has 0 atom stereocenters. The van der Waals surface area contributed by atoms with E-state index in [1.165, 1.54) is 0 Å². The van der Waals surface area contributed by atoms with Gasteiger partial charge in [-0.1, -0.05) is 46.3 Å². The molecule has 0 bridgehead atoms. The molecule has 3 aromatic carbocycles. The maximum absolute atomic E-state index is 12.6. The summed E-state index contributed by atoms with van der Waals surface area (Å²) in [4.78, 5) is 32.4. The zero-order valence-electron chi connectivity index (χ0n) is 15.2. The van der Waals surface area contributed by atoms with E-state index in [1.54, 1.807) is 30.3 Å². The molecule has 144 valence electrons. The van der Waals surface area contributed by atoms with E-state index >= 15 is 0 Å². The largest absolute Gasteiger partial charge is 0.452 e. The third-order valence-corrected chi connectivity index (χ3v) is 4.78. The molecule has 7 heteroatoms. The third-order valence-electron chi connectivity index (χ3n) is 4.25. The fourth-order valence-corrected chi connectivity index (χ4v) is 3.15. The van der Waals surface area contributed by atoms with Crippen LogP contribution in [0.3, 0.4) is 0 Å². The molecule has 2 N–H and O–H groups in total. The molecule has 0 saturated heterocycles. The summed E-state index contributed by atoms with van der Waals surface area (Å²) in [5.41, 5.74) is 3.25. The fourth-order valence-electron chi connectivity index (χ4n) is 2.89. The second kappa shape index (κ2) is 8.28. The van der Waals surface area contributed by atoms with Crippen LogP contribution in [0.15, 0.2) is 77.3 Å². The van der Waals surface area contributed by atoms with E-state index in [0.29, 0.717) is 22.6 Å².